The number of aromatic amines is 1. The lowest BCUT2D eigenvalue weighted by atomic mass is 10.2. The molecule has 0 unspecified atom stereocenters. The smallest absolute Gasteiger partial charge is 0.365 e. The summed E-state index contributed by atoms with van der Waals surface area (Å²) >= 11 is 0. The normalized spacial score (nSPS) is 12.0. The lowest BCUT2D eigenvalue weighted by molar-refractivity contribution is -0.141. The molecule has 3 rings (SSSR count). The first-order valence-corrected chi connectivity index (χ1v) is 5.91. The van der Waals surface area contributed by atoms with E-state index in [1.165, 1.54) is 0 Å². The van der Waals surface area contributed by atoms with Crippen molar-refractivity contribution in [2.24, 2.45) is 5.73 Å². The predicted octanol–water partition coefficient (Wildman–Crippen LogP) is 2.47. The summed E-state index contributed by atoms with van der Waals surface area (Å²) in [5, 5.41) is 4.16. The van der Waals surface area contributed by atoms with E-state index in [4.69, 9.17) is 5.73 Å². The second-order valence-corrected chi connectivity index (χ2v) is 4.41. The van der Waals surface area contributed by atoms with Gasteiger partial charge >= 0.3 is 6.18 Å². The molecule has 1 aromatic carbocycles. The Balaban J connectivity index is 2.24. The maximum atomic E-state index is 12.9. The summed E-state index contributed by atoms with van der Waals surface area (Å²) in [6.07, 6.45) is -2.09. The second kappa shape index (κ2) is 4.37. The summed E-state index contributed by atoms with van der Waals surface area (Å²) in [4.78, 5) is 14.1. The van der Waals surface area contributed by atoms with E-state index in [0.29, 0.717) is 11.1 Å². The van der Waals surface area contributed by atoms with Crippen molar-refractivity contribution >= 4 is 16.8 Å². The summed E-state index contributed by atoms with van der Waals surface area (Å²) < 4.78 is 39.7. The van der Waals surface area contributed by atoms with Crippen LogP contribution in [0.25, 0.3) is 16.6 Å². The van der Waals surface area contributed by atoms with Crippen molar-refractivity contribution in [3.8, 4) is 5.69 Å². The van der Waals surface area contributed by atoms with E-state index in [2.05, 4.69) is 10.1 Å². The van der Waals surface area contributed by atoms with Gasteiger partial charge in [-0.3, -0.25) is 4.79 Å². The van der Waals surface area contributed by atoms with Gasteiger partial charge in [0, 0.05) is 23.3 Å². The van der Waals surface area contributed by atoms with Crippen LogP contribution in [-0.4, -0.2) is 20.7 Å². The van der Waals surface area contributed by atoms with Gasteiger partial charge in [0.15, 0.2) is 5.69 Å². The third-order valence-electron chi connectivity index (χ3n) is 3.07. The van der Waals surface area contributed by atoms with Crippen LogP contribution < -0.4 is 5.73 Å². The first-order valence-electron chi connectivity index (χ1n) is 5.91. The van der Waals surface area contributed by atoms with Gasteiger partial charge in [-0.2, -0.15) is 18.3 Å². The molecule has 0 spiro atoms. The average Bonchev–Trinajstić information content (AvgIpc) is 3.04. The van der Waals surface area contributed by atoms with Gasteiger partial charge in [-0.25, -0.2) is 4.68 Å². The van der Waals surface area contributed by atoms with E-state index in [9.17, 15) is 18.0 Å². The lowest BCUT2D eigenvalue weighted by Gasteiger charge is -2.04. The minimum atomic E-state index is -4.75. The van der Waals surface area contributed by atoms with Crippen molar-refractivity contribution in [2.45, 2.75) is 6.18 Å². The molecule has 8 heteroatoms. The van der Waals surface area contributed by atoms with Crippen molar-refractivity contribution in [3.05, 3.63) is 47.9 Å². The van der Waals surface area contributed by atoms with Crippen LogP contribution in [0.3, 0.4) is 0 Å². The summed E-state index contributed by atoms with van der Waals surface area (Å²) in [5.41, 5.74) is 4.22. The Bertz CT molecular complexity index is 831. The zero-order chi connectivity index (χ0) is 15.2. The molecular formula is C13H9F3N4O. The summed E-state index contributed by atoms with van der Waals surface area (Å²) in [6, 6.07) is 6.77. The molecule has 5 nitrogen and oxygen atoms in total. The molecule has 0 radical (unpaired) electrons. The zero-order valence-electron chi connectivity index (χ0n) is 10.5. The van der Waals surface area contributed by atoms with E-state index in [1.807, 2.05) is 0 Å². The highest BCUT2D eigenvalue weighted by Crippen LogP contribution is 2.32. The number of H-pyrrole nitrogens is 1. The molecular weight excluding hydrogens is 285 g/mol. The fourth-order valence-electron chi connectivity index (χ4n) is 2.16. The number of benzene rings is 1. The SMILES string of the molecule is NC(=O)c1cn(-c2cccc3[nH]ccc23)nc1C(F)(F)F. The number of hydrogen-bond donors (Lipinski definition) is 2. The van der Waals surface area contributed by atoms with E-state index in [-0.39, 0.29) is 0 Å². The van der Waals surface area contributed by atoms with Crippen molar-refractivity contribution in [2.75, 3.05) is 0 Å². The third-order valence-corrected chi connectivity index (χ3v) is 3.07. The minimum absolute atomic E-state index is 0.423. The number of carbonyl (C=O) groups is 1. The number of carbonyl (C=O) groups excluding carboxylic acids is 1. The maximum absolute atomic E-state index is 12.9. The topological polar surface area (TPSA) is 76.7 Å². The molecule has 2 aromatic heterocycles. The number of nitrogens with zero attached hydrogens (tertiary/aromatic N) is 2. The van der Waals surface area contributed by atoms with Gasteiger partial charge in [0.2, 0.25) is 0 Å². The van der Waals surface area contributed by atoms with E-state index < -0.39 is 23.3 Å². The quantitative estimate of drug-likeness (QED) is 0.761. The molecule has 0 aliphatic carbocycles. The molecule has 21 heavy (non-hydrogen) atoms. The Labute approximate surface area is 116 Å². The predicted molar refractivity (Wildman–Crippen MR) is 68.9 cm³/mol. The Morgan fingerprint density at radius 1 is 1.29 bits per heavy atom. The van der Waals surface area contributed by atoms with Crippen LogP contribution in [0.2, 0.25) is 0 Å². The van der Waals surface area contributed by atoms with E-state index >= 15 is 0 Å². The van der Waals surface area contributed by atoms with Crippen LogP contribution in [0, 0.1) is 0 Å². The Hall–Kier alpha value is -2.77. The number of alkyl halides is 3. The van der Waals surface area contributed by atoms with Gasteiger partial charge in [0.05, 0.1) is 11.3 Å². The molecule has 3 N–H and O–H groups in total. The van der Waals surface area contributed by atoms with Crippen LogP contribution in [0.15, 0.2) is 36.7 Å². The standard InChI is InChI=1S/C13H9F3N4O/c14-13(15,16)11-8(12(17)21)6-20(19-11)10-3-1-2-9-7(10)4-5-18-9/h1-6,18H,(H2,17,21). The Morgan fingerprint density at radius 3 is 2.67 bits per heavy atom. The van der Waals surface area contributed by atoms with Crippen LogP contribution in [0.5, 0.6) is 0 Å². The molecule has 0 saturated carbocycles. The number of rotatable bonds is 2. The molecule has 1 amide bonds. The van der Waals surface area contributed by atoms with Gasteiger partial charge < -0.3 is 10.7 Å². The van der Waals surface area contributed by atoms with Gasteiger partial charge in [-0.1, -0.05) is 6.07 Å². The highest BCUT2D eigenvalue weighted by Gasteiger charge is 2.39. The van der Waals surface area contributed by atoms with Crippen LogP contribution >= 0.6 is 0 Å². The molecule has 108 valence electrons. The first kappa shape index (κ1) is 13.2. The number of primary amides is 1. The number of nitrogens with one attached hydrogen (secondary N) is 1. The summed E-state index contributed by atoms with van der Waals surface area (Å²) in [7, 11) is 0. The number of halogens is 3. The molecule has 0 atom stereocenters. The van der Waals surface area contributed by atoms with Gasteiger partial charge in [0.1, 0.15) is 0 Å². The van der Waals surface area contributed by atoms with Gasteiger partial charge in [-0.05, 0) is 18.2 Å². The van der Waals surface area contributed by atoms with Crippen molar-refractivity contribution in [3.63, 3.8) is 0 Å². The monoisotopic (exact) mass is 294 g/mol. The van der Waals surface area contributed by atoms with Gasteiger partial charge in [-0.15, -0.1) is 0 Å². The number of nitrogens with two attached hydrogens (primary N) is 1. The first-order chi connectivity index (χ1) is 9.88. The molecule has 0 fully saturated rings. The fraction of sp³-hybridized carbons (Fsp3) is 0.0769. The molecule has 0 aliphatic heterocycles. The largest absolute Gasteiger partial charge is 0.435 e. The average molecular weight is 294 g/mol. The molecule has 3 aromatic rings. The number of hydrogen-bond acceptors (Lipinski definition) is 2. The van der Waals surface area contributed by atoms with Crippen LogP contribution in [0.4, 0.5) is 13.2 Å². The summed E-state index contributed by atoms with van der Waals surface area (Å²) in [6.45, 7) is 0. The highest BCUT2D eigenvalue weighted by atomic mass is 19.4. The maximum Gasteiger partial charge on any atom is 0.435 e. The molecule has 0 bridgehead atoms. The van der Waals surface area contributed by atoms with Crippen molar-refractivity contribution in [1.29, 1.82) is 0 Å². The lowest BCUT2D eigenvalue weighted by Crippen LogP contribution is -2.17. The van der Waals surface area contributed by atoms with Gasteiger partial charge in [0.25, 0.3) is 5.91 Å². The fourth-order valence-corrected chi connectivity index (χ4v) is 2.16. The van der Waals surface area contributed by atoms with Crippen molar-refractivity contribution in [1.82, 2.24) is 14.8 Å². The molecule has 2 heterocycles. The number of aromatic nitrogens is 3. The van der Waals surface area contributed by atoms with Crippen LogP contribution in [-0.2, 0) is 6.18 Å². The number of amides is 1. The molecule has 0 saturated heterocycles. The van der Waals surface area contributed by atoms with Crippen molar-refractivity contribution < 1.29 is 18.0 Å². The number of fused-ring (bicyclic) bond motifs is 1. The second-order valence-electron chi connectivity index (χ2n) is 4.41. The molecule has 0 aliphatic rings. The Morgan fingerprint density at radius 2 is 2.05 bits per heavy atom. The minimum Gasteiger partial charge on any atom is -0.365 e. The van der Waals surface area contributed by atoms with E-state index in [0.717, 1.165) is 16.4 Å². The van der Waals surface area contributed by atoms with E-state index in [1.54, 1.807) is 30.5 Å². The Kier molecular flexibility index (Phi) is 2.75. The highest BCUT2D eigenvalue weighted by molar-refractivity contribution is 5.94. The zero-order valence-corrected chi connectivity index (χ0v) is 10.5. The summed E-state index contributed by atoms with van der Waals surface area (Å²) in [5.74, 6) is -1.17. The third kappa shape index (κ3) is 2.14. The van der Waals surface area contributed by atoms with Crippen LogP contribution in [0.1, 0.15) is 16.1 Å².